The minimum atomic E-state index is -0.317. The molecule has 0 atom stereocenters. The maximum atomic E-state index is 5.38. The van der Waals surface area contributed by atoms with Crippen LogP contribution < -0.4 is 4.90 Å². The Bertz CT molecular complexity index is 2930. The lowest BCUT2D eigenvalue weighted by Crippen LogP contribution is -2.53. The van der Waals surface area contributed by atoms with Crippen LogP contribution in [-0.2, 0) is 0 Å². The lowest BCUT2D eigenvalue weighted by molar-refractivity contribution is 0.338. The smallest absolute Gasteiger partial charge is 0.138 e. The van der Waals surface area contributed by atoms with Crippen molar-refractivity contribution in [1.29, 1.82) is 0 Å². The third-order valence-electron chi connectivity index (χ3n) is 11.8. The van der Waals surface area contributed by atoms with Gasteiger partial charge in [0.25, 0.3) is 0 Å². The van der Waals surface area contributed by atoms with Gasteiger partial charge in [-0.3, -0.25) is 9.98 Å². The topological polar surface area (TPSA) is 33.4 Å². The van der Waals surface area contributed by atoms with E-state index in [1.807, 2.05) is 12.4 Å². The first-order valence-corrected chi connectivity index (χ1v) is 18.7. The Morgan fingerprint density at radius 2 is 1.09 bits per heavy atom. The van der Waals surface area contributed by atoms with Gasteiger partial charge in [-0.05, 0) is 114 Å². The molecule has 2 aromatic heterocycles. The molecule has 0 saturated carbocycles. The maximum Gasteiger partial charge on any atom is 0.138 e. The van der Waals surface area contributed by atoms with E-state index in [4.69, 9.17) is 9.98 Å². The second-order valence-electron chi connectivity index (χ2n) is 15.5. The molecule has 1 aliphatic rings. The summed E-state index contributed by atoms with van der Waals surface area (Å²) in [5.41, 5.74) is 9.63. The van der Waals surface area contributed by atoms with Crippen molar-refractivity contribution in [3.05, 3.63) is 176 Å². The van der Waals surface area contributed by atoms with Crippen molar-refractivity contribution in [3.63, 3.8) is 0 Å². The van der Waals surface area contributed by atoms with Gasteiger partial charge in [0.05, 0.1) is 22.1 Å². The average molecular weight is 697 g/mol. The van der Waals surface area contributed by atoms with Gasteiger partial charge in [0.1, 0.15) is 5.84 Å². The molecule has 260 valence electrons. The Balaban J connectivity index is 1.21. The molecule has 0 bridgehead atoms. The van der Waals surface area contributed by atoms with Crippen LogP contribution in [0.1, 0.15) is 33.3 Å². The molecule has 4 nitrogen and oxygen atoms in total. The summed E-state index contributed by atoms with van der Waals surface area (Å²) in [7, 11) is 0. The molecule has 1 aliphatic heterocycles. The predicted octanol–water partition coefficient (Wildman–Crippen LogP) is 12.6. The molecule has 0 unspecified atom stereocenters. The van der Waals surface area contributed by atoms with Crippen LogP contribution in [0.25, 0.3) is 71.3 Å². The number of nitrogens with zero attached hydrogens (tertiary/aromatic N) is 4. The van der Waals surface area contributed by atoms with Gasteiger partial charge in [-0.25, -0.2) is 0 Å². The first-order valence-electron chi connectivity index (χ1n) is 18.7. The molecule has 10 rings (SSSR count). The molecule has 7 aromatic carbocycles. The van der Waals surface area contributed by atoms with Crippen LogP contribution >= 0.6 is 0 Å². The van der Waals surface area contributed by atoms with E-state index in [1.165, 1.54) is 49.0 Å². The minimum Gasteiger partial charge on any atom is -0.318 e. The number of anilines is 1. The summed E-state index contributed by atoms with van der Waals surface area (Å²) in [4.78, 5) is 12.7. The summed E-state index contributed by atoms with van der Waals surface area (Å²) in [6, 6.07) is 57.1. The molecule has 0 fully saturated rings. The summed E-state index contributed by atoms with van der Waals surface area (Å²) < 4.78 is 2.44. The molecule has 0 aliphatic carbocycles. The number of hydrogen-bond donors (Lipinski definition) is 0. The zero-order chi connectivity index (χ0) is 36.6. The molecule has 0 saturated heterocycles. The lowest BCUT2D eigenvalue weighted by atomic mass is 9.83. The van der Waals surface area contributed by atoms with Gasteiger partial charge >= 0.3 is 0 Å². The van der Waals surface area contributed by atoms with E-state index < -0.39 is 0 Å². The van der Waals surface area contributed by atoms with E-state index in [0.717, 1.165) is 39.4 Å². The van der Waals surface area contributed by atoms with Crippen molar-refractivity contribution in [2.45, 2.75) is 38.8 Å². The Kier molecular flexibility index (Phi) is 7.15. The maximum absolute atomic E-state index is 5.38. The van der Waals surface area contributed by atoms with Crippen LogP contribution in [0.2, 0.25) is 0 Å². The standard InChI is InChI=1S/C50H40N4/c1-49(2)50(3,4)54(40-19-9-6-10-20-40)48(52-49)38-28-37(31-51-32-38)44-30-46-47(42-22-14-13-21-41(42)44)43-26-25-36(29-45(43)53(46)39-17-7-5-8-18-39)35-24-23-33-15-11-12-16-34(33)27-35/h5-32H,1-4H3. The van der Waals surface area contributed by atoms with Gasteiger partial charge in [0, 0.05) is 45.7 Å². The van der Waals surface area contributed by atoms with Crippen molar-refractivity contribution in [2.24, 2.45) is 4.99 Å². The molecule has 3 heterocycles. The van der Waals surface area contributed by atoms with Crippen molar-refractivity contribution in [1.82, 2.24) is 9.55 Å². The van der Waals surface area contributed by atoms with Crippen LogP contribution in [0.4, 0.5) is 5.69 Å². The summed E-state index contributed by atoms with van der Waals surface area (Å²) >= 11 is 0. The van der Waals surface area contributed by atoms with Crippen LogP contribution in [0.3, 0.4) is 0 Å². The molecule has 0 spiro atoms. The summed E-state index contributed by atoms with van der Waals surface area (Å²) in [5.74, 6) is 0.940. The Morgan fingerprint density at radius 3 is 1.87 bits per heavy atom. The van der Waals surface area contributed by atoms with Crippen molar-refractivity contribution >= 4 is 54.9 Å². The Labute approximate surface area is 315 Å². The number of amidine groups is 1. The highest BCUT2D eigenvalue weighted by molar-refractivity contribution is 6.25. The normalized spacial score (nSPS) is 15.0. The zero-order valence-electron chi connectivity index (χ0n) is 31.0. The fraction of sp³-hybridized carbons (Fsp3) is 0.120. The molecule has 0 N–H and O–H groups in total. The van der Waals surface area contributed by atoms with E-state index in [9.17, 15) is 0 Å². The number of fused-ring (bicyclic) bond motifs is 6. The molecule has 0 radical (unpaired) electrons. The largest absolute Gasteiger partial charge is 0.318 e. The van der Waals surface area contributed by atoms with Crippen molar-refractivity contribution < 1.29 is 0 Å². The number of benzene rings is 7. The van der Waals surface area contributed by atoms with Gasteiger partial charge in [-0.1, -0.05) is 109 Å². The minimum absolute atomic E-state index is 0.256. The third kappa shape index (κ3) is 4.90. The number of aromatic nitrogens is 2. The van der Waals surface area contributed by atoms with Gasteiger partial charge in [0.15, 0.2) is 0 Å². The second kappa shape index (κ2) is 12.0. The molecule has 9 aromatic rings. The van der Waals surface area contributed by atoms with Gasteiger partial charge < -0.3 is 9.47 Å². The van der Waals surface area contributed by atoms with Gasteiger partial charge in [0.2, 0.25) is 0 Å². The van der Waals surface area contributed by atoms with Gasteiger partial charge in [-0.2, -0.15) is 0 Å². The highest BCUT2D eigenvalue weighted by atomic mass is 15.3. The van der Waals surface area contributed by atoms with Crippen LogP contribution in [0.5, 0.6) is 0 Å². The van der Waals surface area contributed by atoms with Crippen LogP contribution in [0.15, 0.2) is 175 Å². The third-order valence-corrected chi connectivity index (χ3v) is 11.8. The number of rotatable bonds is 5. The quantitative estimate of drug-likeness (QED) is 0.179. The summed E-state index contributed by atoms with van der Waals surface area (Å²) in [6.07, 6.45) is 3.97. The fourth-order valence-electron chi connectivity index (χ4n) is 8.44. The SMILES string of the molecule is CC1(C)N=C(c2cncc(-c3cc4c(c5ccccc35)c3ccc(-c5ccc6ccccc6c5)cc3n4-c3ccccc3)c2)N(c2ccccc2)C1(C)C. The average Bonchev–Trinajstić information content (AvgIpc) is 3.64. The molecule has 54 heavy (non-hydrogen) atoms. The van der Waals surface area contributed by atoms with E-state index >= 15 is 0 Å². The van der Waals surface area contributed by atoms with Crippen LogP contribution in [0, 0.1) is 0 Å². The Hall–Kier alpha value is -6.52. The first kappa shape index (κ1) is 32.2. The van der Waals surface area contributed by atoms with Crippen molar-refractivity contribution in [3.8, 4) is 27.9 Å². The van der Waals surface area contributed by atoms with Crippen LogP contribution in [-0.4, -0.2) is 26.5 Å². The van der Waals surface area contributed by atoms with E-state index in [1.54, 1.807) is 0 Å². The van der Waals surface area contributed by atoms with E-state index in [-0.39, 0.29) is 11.1 Å². The number of pyridine rings is 1. The highest BCUT2D eigenvalue weighted by Crippen LogP contribution is 2.45. The van der Waals surface area contributed by atoms with E-state index in [2.05, 4.69) is 195 Å². The highest BCUT2D eigenvalue weighted by Gasteiger charge is 2.49. The fourth-order valence-corrected chi connectivity index (χ4v) is 8.44. The monoisotopic (exact) mass is 696 g/mol. The predicted molar refractivity (Wildman–Crippen MR) is 228 cm³/mol. The summed E-state index contributed by atoms with van der Waals surface area (Å²) in [5, 5.41) is 7.40. The molecular weight excluding hydrogens is 657 g/mol. The first-order chi connectivity index (χ1) is 26.3. The number of hydrogen-bond acceptors (Lipinski definition) is 3. The second-order valence-corrected chi connectivity index (χ2v) is 15.5. The van der Waals surface area contributed by atoms with Gasteiger partial charge in [-0.15, -0.1) is 0 Å². The lowest BCUT2D eigenvalue weighted by Gasteiger charge is -2.41. The summed E-state index contributed by atoms with van der Waals surface area (Å²) in [6.45, 7) is 9.01. The van der Waals surface area contributed by atoms with Crippen molar-refractivity contribution in [2.75, 3.05) is 4.90 Å². The number of aliphatic imine (C=N–C) groups is 1. The molecule has 0 amide bonds. The molecule has 4 heteroatoms. The number of para-hydroxylation sites is 2. The zero-order valence-corrected chi connectivity index (χ0v) is 31.0. The Morgan fingerprint density at radius 1 is 0.463 bits per heavy atom. The molecular formula is C50H40N4. The van der Waals surface area contributed by atoms with E-state index in [0.29, 0.717) is 0 Å².